The van der Waals surface area contributed by atoms with E-state index in [0.29, 0.717) is 26.2 Å². The lowest BCUT2D eigenvalue weighted by Crippen LogP contribution is -2.49. The molecule has 0 spiro atoms. The standard InChI is InChI=1S/C18H23N5O3/c1-12(24)8-17(26)23-6-4-22(5-7-23)14-9-15-13(2-3-16(19)25)10-20-18(15)21-11-14/h2-3,9-12,24H,4-8H2,1H3,(H2,19,25)(H,20,21). The lowest BCUT2D eigenvalue weighted by atomic mass is 10.1. The van der Waals surface area contributed by atoms with E-state index in [1.54, 1.807) is 30.3 Å². The third-order valence-corrected chi connectivity index (χ3v) is 4.44. The van der Waals surface area contributed by atoms with Gasteiger partial charge in [-0.2, -0.15) is 0 Å². The highest BCUT2D eigenvalue weighted by Crippen LogP contribution is 2.24. The van der Waals surface area contributed by atoms with Crippen molar-refractivity contribution in [2.75, 3.05) is 31.1 Å². The maximum absolute atomic E-state index is 12.0. The molecule has 1 atom stereocenters. The van der Waals surface area contributed by atoms with Crippen LogP contribution in [0.15, 0.2) is 24.5 Å². The summed E-state index contributed by atoms with van der Waals surface area (Å²) >= 11 is 0. The van der Waals surface area contributed by atoms with E-state index >= 15 is 0 Å². The van der Waals surface area contributed by atoms with Crippen LogP contribution in [0, 0.1) is 0 Å². The summed E-state index contributed by atoms with van der Waals surface area (Å²) in [5, 5.41) is 10.3. The SMILES string of the molecule is CC(O)CC(=O)N1CCN(c2cnc3[nH]cc(C=CC(N)=O)c3c2)CC1. The van der Waals surface area contributed by atoms with E-state index in [-0.39, 0.29) is 12.3 Å². The van der Waals surface area contributed by atoms with Crippen LogP contribution in [-0.2, 0) is 9.59 Å². The molecule has 0 radical (unpaired) electrons. The Morgan fingerprint density at radius 1 is 1.38 bits per heavy atom. The maximum Gasteiger partial charge on any atom is 0.241 e. The number of hydrogen-bond acceptors (Lipinski definition) is 5. The molecule has 1 unspecified atom stereocenters. The monoisotopic (exact) mass is 357 g/mol. The minimum atomic E-state index is -0.618. The van der Waals surface area contributed by atoms with Crippen molar-refractivity contribution in [3.63, 3.8) is 0 Å². The molecule has 2 aromatic heterocycles. The van der Waals surface area contributed by atoms with Crippen molar-refractivity contribution in [1.29, 1.82) is 0 Å². The van der Waals surface area contributed by atoms with Gasteiger partial charge in [-0.15, -0.1) is 0 Å². The van der Waals surface area contributed by atoms with Gasteiger partial charge >= 0.3 is 0 Å². The van der Waals surface area contributed by atoms with Crippen LogP contribution < -0.4 is 10.6 Å². The van der Waals surface area contributed by atoms with Crippen LogP contribution in [0.2, 0.25) is 0 Å². The summed E-state index contributed by atoms with van der Waals surface area (Å²) in [6, 6.07) is 2.02. The Labute approximate surface area is 151 Å². The Morgan fingerprint density at radius 2 is 2.12 bits per heavy atom. The number of pyridine rings is 1. The average Bonchev–Trinajstić information content (AvgIpc) is 3.01. The number of fused-ring (bicyclic) bond motifs is 1. The largest absolute Gasteiger partial charge is 0.393 e. The molecule has 26 heavy (non-hydrogen) atoms. The smallest absolute Gasteiger partial charge is 0.241 e. The van der Waals surface area contributed by atoms with Crippen LogP contribution in [-0.4, -0.2) is 64.1 Å². The second-order valence-corrected chi connectivity index (χ2v) is 6.49. The molecule has 8 nitrogen and oxygen atoms in total. The fourth-order valence-electron chi connectivity index (χ4n) is 3.09. The van der Waals surface area contributed by atoms with Gasteiger partial charge in [0.15, 0.2) is 0 Å². The topological polar surface area (TPSA) is 116 Å². The van der Waals surface area contributed by atoms with Gasteiger partial charge < -0.3 is 25.6 Å². The van der Waals surface area contributed by atoms with E-state index in [9.17, 15) is 14.7 Å². The zero-order valence-electron chi connectivity index (χ0n) is 14.7. The summed E-state index contributed by atoms with van der Waals surface area (Å²) in [6.45, 7) is 4.26. The molecule has 3 rings (SSSR count). The van der Waals surface area contributed by atoms with Gasteiger partial charge in [0.1, 0.15) is 5.65 Å². The molecule has 2 amide bonds. The Morgan fingerprint density at radius 3 is 2.77 bits per heavy atom. The van der Waals surface area contributed by atoms with E-state index in [4.69, 9.17) is 5.73 Å². The van der Waals surface area contributed by atoms with Crippen LogP contribution in [0.25, 0.3) is 17.1 Å². The Balaban J connectivity index is 1.72. The third kappa shape index (κ3) is 4.02. The van der Waals surface area contributed by atoms with Gasteiger partial charge in [0.05, 0.1) is 24.4 Å². The fourth-order valence-corrected chi connectivity index (χ4v) is 3.09. The predicted molar refractivity (Wildman–Crippen MR) is 99.4 cm³/mol. The fraction of sp³-hybridized carbons (Fsp3) is 0.389. The molecular formula is C18H23N5O3. The number of nitrogens with one attached hydrogen (secondary N) is 1. The molecule has 8 heteroatoms. The summed E-state index contributed by atoms with van der Waals surface area (Å²) in [6.07, 6.45) is 6.11. The zero-order valence-corrected chi connectivity index (χ0v) is 14.7. The molecular weight excluding hydrogens is 334 g/mol. The van der Waals surface area contributed by atoms with Crippen molar-refractivity contribution in [3.05, 3.63) is 30.1 Å². The van der Waals surface area contributed by atoms with Crippen LogP contribution in [0.1, 0.15) is 18.9 Å². The third-order valence-electron chi connectivity index (χ3n) is 4.44. The highest BCUT2D eigenvalue weighted by atomic mass is 16.3. The summed E-state index contributed by atoms with van der Waals surface area (Å²) < 4.78 is 0. The van der Waals surface area contributed by atoms with Gasteiger partial charge in [-0.3, -0.25) is 9.59 Å². The molecule has 4 N–H and O–H groups in total. The molecule has 1 aliphatic heterocycles. The summed E-state index contributed by atoms with van der Waals surface area (Å²) in [7, 11) is 0. The number of piperazine rings is 1. The number of aliphatic hydroxyl groups excluding tert-OH is 1. The number of aliphatic hydroxyl groups is 1. The molecule has 1 saturated heterocycles. The second-order valence-electron chi connectivity index (χ2n) is 6.49. The van der Waals surface area contributed by atoms with E-state index in [0.717, 1.165) is 22.3 Å². The summed E-state index contributed by atoms with van der Waals surface area (Å²) in [5.74, 6) is -0.515. The molecule has 3 heterocycles. The van der Waals surface area contributed by atoms with Crippen molar-refractivity contribution in [2.45, 2.75) is 19.4 Å². The summed E-state index contributed by atoms with van der Waals surface area (Å²) in [5.41, 5.74) is 7.71. The number of hydrogen-bond donors (Lipinski definition) is 3. The van der Waals surface area contributed by atoms with Crippen LogP contribution in [0.3, 0.4) is 0 Å². The lowest BCUT2D eigenvalue weighted by molar-refractivity contribution is -0.133. The van der Waals surface area contributed by atoms with Gasteiger partial charge in [-0.1, -0.05) is 0 Å². The Bertz CT molecular complexity index is 834. The van der Waals surface area contributed by atoms with Crippen LogP contribution in [0.4, 0.5) is 5.69 Å². The Kier molecular flexibility index (Phi) is 5.22. The zero-order chi connectivity index (χ0) is 18.7. The van der Waals surface area contributed by atoms with Gasteiger partial charge in [-0.05, 0) is 19.1 Å². The first-order valence-electron chi connectivity index (χ1n) is 8.59. The highest BCUT2D eigenvalue weighted by molar-refractivity contribution is 5.95. The highest BCUT2D eigenvalue weighted by Gasteiger charge is 2.22. The van der Waals surface area contributed by atoms with Gasteiger partial charge in [-0.25, -0.2) is 4.98 Å². The van der Waals surface area contributed by atoms with Crippen molar-refractivity contribution in [3.8, 4) is 0 Å². The van der Waals surface area contributed by atoms with Crippen molar-refractivity contribution < 1.29 is 14.7 Å². The Hall–Kier alpha value is -2.87. The predicted octanol–water partition coefficient (Wildman–Crippen LogP) is 0.481. The van der Waals surface area contributed by atoms with E-state index < -0.39 is 12.0 Å². The molecule has 0 aliphatic carbocycles. The van der Waals surface area contributed by atoms with Gasteiger partial charge in [0.2, 0.25) is 11.8 Å². The first kappa shape index (κ1) is 17.9. The van der Waals surface area contributed by atoms with Gasteiger partial charge in [0, 0.05) is 49.4 Å². The number of aromatic amines is 1. The van der Waals surface area contributed by atoms with E-state index in [1.807, 2.05) is 6.07 Å². The molecule has 2 aromatic rings. The number of carbonyl (C=O) groups excluding carboxylic acids is 2. The molecule has 0 saturated carbocycles. The van der Waals surface area contributed by atoms with Crippen LogP contribution >= 0.6 is 0 Å². The van der Waals surface area contributed by atoms with Crippen molar-refractivity contribution in [1.82, 2.24) is 14.9 Å². The van der Waals surface area contributed by atoms with E-state index in [1.165, 1.54) is 6.08 Å². The normalized spacial score (nSPS) is 16.4. The number of aromatic nitrogens is 2. The number of nitrogens with two attached hydrogens (primary N) is 1. The minimum absolute atomic E-state index is 0.0160. The first-order valence-corrected chi connectivity index (χ1v) is 8.59. The number of nitrogens with zero attached hydrogens (tertiary/aromatic N) is 3. The number of amides is 2. The van der Waals surface area contributed by atoms with Crippen molar-refractivity contribution in [2.24, 2.45) is 5.73 Å². The number of anilines is 1. The van der Waals surface area contributed by atoms with Crippen LogP contribution in [0.5, 0.6) is 0 Å². The number of primary amides is 1. The number of rotatable bonds is 5. The molecule has 0 bridgehead atoms. The number of carbonyl (C=O) groups is 2. The minimum Gasteiger partial charge on any atom is -0.393 e. The molecule has 1 fully saturated rings. The van der Waals surface area contributed by atoms with Gasteiger partial charge in [0.25, 0.3) is 0 Å². The maximum atomic E-state index is 12.0. The average molecular weight is 357 g/mol. The van der Waals surface area contributed by atoms with E-state index in [2.05, 4.69) is 14.9 Å². The molecule has 138 valence electrons. The summed E-state index contributed by atoms with van der Waals surface area (Å²) in [4.78, 5) is 34.5. The first-order chi connectivity index (χ1) is 12.4. The van der Waals surface area contributed by atoms with Crippen molar-refractivity contribution >= 4 is 34.6 Å². The lowest BCUT2D eigenvalue weighted by Gasteiger charge is -2.36. The quantitative estimate of drug-likeness (QED) is 0.673. The number of H-pyrrole nitrogens is 1. The molecule has 1 aliphatic rings. The second kappa shape index (κ2) is 7.57. The molecule has 0 aromatic carbocycles.